The van der Waals surface area contributed by atoms with Gasteiger partial charge in [0.05, 0.1) is 7.11 Å². The van der Waals surface area contributed by atoms with E-state index in [1.54, 1.807) is 0 Å². The smallest absolute Gasteiger partial charge is 0.305 e. The van der Waals surface area contributed by atoms with Crippen molar-refractivity contribution in [3.05, 3.63) is 0 Å². The Morgan fingerprint density at radius 2 is 1.57 bits per heavy atom. The number of ether oxygens (including phenoxy) is 1. The van der Waals surface area contributed by atoms with E-state index in [4.69, 9.17) is 0 Å². The SMILES string of the molecule is CC.CCCC(=O)OC.CCN(C)C. The molecular weight excluding hydrogens is 178 g/mol. The normalized spacial score (nSPS) is 8.00. The predicted octanol–water partition coefficient (Wildman–Crippen LogP) is 2.55. The maximum absolute atomic E-state index is 10.2. The summed E-state index contributed by atoms with van der Waals surface area (Å²) in [6, 6.07) is 0. The Morgan fingerprint density at radius 1 is 1.21 bits per heavy atom. The Balaban J connectivity index is -0.000000152. The fourth-order valence-electron chi connectivity index (χ4n) is 0.306. The van der Waals surface area contributed by atoms with Crippen LogP contribution >= 0.6 is 0 Å². The van der Waals surface area contributed by atoms with Gasteiger partial charge >= 0.3 is 5.97 Å². The van der Waals surface area contributed by atoms with Crippen LogP contribution in [0.5, 0.6) is 0 Å². The Bertz CT molecular complexity index is 103. The number of hydrogen-bond acceptors (Lipinski definition) is 3. The van der Waals surface area contributed by atoms with Gasteiger partial charge in [0.25, 0.3) is 0 Å². The fraction of sp³-hybridized carbons (Fsp3) is 0.909. The summed E-state index contributed by atoms with van der Waals surface area (Å²) >= 11 is 0. The molecule has 0 radical (unpaired) electrons. The Hall–Kier alpha value is -0.570. The summed E-state index contributed by atoms with van der Waals surface area (Å²) in [6.07, 6.45) is 1.41. The molecule has 0 saturated heterocycles. The minimum Gasteiger partial charge on any atom is -0.469 e. The molecule has 3 heteroatoms. The van der Waals surface area contributed by atoms with Crippen LogP contribution in [0.2, 0.25) is 0 Å². The molecule has 0 rings (SSSR count). The highest BCUT2D eigenvalue weighted by Crippen LogP contribution is 1.86. The van der Waals surface area contributed by atoms with Gasteiger partial charge in [-0.15, -0.1) is 0 Å². The van der Waals surface area contributed by atoms with E-state index in [9.17, 15) is 4.79 Å². The second kappa shape index (κ2) is 18.3. The van der Waals surface area contributed by atoms with Gasteiger partial charge in [-0.05, 0) is 27.1 Å². The minimum atomic E-state index is -0.123. The van der Waals surface area contributed by atoms with Gasteiger partial charge in [0.1, 0.15) is 0 Å². The second-order valence-electron chi connectivity index (χ2n) is 2.72. The van der Waals surface area contributed by atoms with Gasteiger partial charge in [-0.2, -0.15) is 0 Å². The number of nitrogens with zero attached hydrogens (tertiary/aromatic N) is 1. The summed E-state index contributed by atoms with van der Waals surface area (Å²) in [5, 5.41) is 0. The van der Waals surface area contributed by atoms with Gasteiger partial charge in [-0.3, -0.25) is 4.79 Å². The van der Waals surface area contributed by atoms with Crippen LogP contribution in [0.4, 0.5) is 0 Å². The number of carbonyl (C=O) groups is 1. The van der Waals surface area contributed by atoms with Crippen molar-refractivity contribution in [1.82, 2.24) is 4.90 Å². The second-order valence-corrected chi connectivity index (χ2v) is 2.72. The van der Waals surface area contributed by atoms with Gasteiger partial charge in [0, 0.05) is 6.42 Å². The first-order chi connectivity index (χ1) is 6.58. The number of methoxy groups -OCH3 is 1. The third kappa shape index (κ3) is 30.1. The fourth-order valence-corrected chi connectivity index (χ4v) is 0.306. The lowest BCUT2D eigenvalue weighted by atomic mass is 10.3. The lowest BCUT2D eigenvalue weighted by Gasteiger charge is -2.00. The lowest BCUT2D eigenvalue weighted by Crippen LogP contribution is -2.08. The van der Waals surface area contributed by atoms with E-state index < -0.39 is 0 Å². The lowest BCUT2D eigenvalue weighted by molar-refractivity contribution is -0.140. The van der Waals surface area contributed by atoms with Crippen LogP contribution in [0, 0.1) is 0 Å². The third-order valence-corrected chi connectivity index (χ3v) is 1.31. The highest BCUT2D eigenvalue weighted by atomic mass is 16.5. The average Bonchev–Trinajstić information content (AvgIpc) is 2.22. The van der Waals surface area contributed by atoms with Crippen LogP contribution < -0.4 is 0 Å². The van der Waals surface area contributed by atoms with Crippen molar-refractivity contribution in [1.29, 1.82) is 0 Å². The molecule has 0 bridgehead atoms. The summed E-state index contributed by atoms with van der Waals surface area (Å²) in [7, 11) is 5.51. The first-order valence-electron chi connectivity index (χ1n) is 5.29. The molecule has 0 aliphatic heterocycles. The van der Waals surface area contributed by atoms with Crippen molar-refractivity contribution >= 4 is 5.97 Å². The molecule has 0 heterocycles. The van der Waals surface area contributed by atoms with Crippen molar-refractivity contribution in [2.24, 2.45) is 0 Å². The van der Waals surface area contributed by atoms with Gasteiger partial charge < -0.3 is 9.64 Å². The highest BCUT2D eigenvalue weighted by Gasteiger charge is 1.92. The Kier molecular flexibility index (Phi) is 24.9. The molecule has 0 amide bonds. The zero-order valence-corrected chi connectivity index (χ0v) is 10.9. The number of rotatable bonds is 3. The summed E-state index contributed by atoms with van der Waals surface area (Å²) in [4.78, 5) is 12.3. The molecule has 0 saturated carbocycles. The van der Waals surface area contributed by atoms with E-state index in [1.165, 1.54) is 7.11 Å². The Labute approximate surface area is 89.4 Å². The predicted molar refractivity (Wildman–Crippen MR) is 62.5 cm³/mol. The van der Waals surface area contributed by atoms with Gasteiger partial charge in [-0.25, -0.2) is 0 Å². The monoisotopic (exact) mass is 205 g/mol. The van der Waals surface area contributed by atoms with E-state index in [1.807, 2.05) is 20.8 Å². The summed E-state index contributed by atoms with van der Waals surface area (Å²) in [6.45, 7) is 9.21. The minimum absolute atomic E-state index is 0.123. The molecule has 0 atom stereocenters. The van der Waals surface area contributed by atoms with E-state index >= 15 is 0 Å². The molecule has 88 valence electrons. The molecule has 0 aliphatic carbocycles. The van der Waals surface area contributed by atoms with Gasteiger partial charge in [0.2, 0.25) is 0 Å². The molecule has 0 aromatic heterocycles. The molecule has 3 nitrogen and oxygen atoms in total. The summed E-state index contributed by atoms with van der Waals surface area (Å²) < 4.78 is 4.35. The van der Waals surface area contributed by atoms with Crippen LogP contribution in [0.25, 0.3) is 0 Å². The van der Waals surface area contributed by atoms with Crippen molar-refractivity contribution in [3.63, 3.8) is 0 Å². The van der Waals surface area contributed by atoms with Crippen LogP contribution in [0.3, 0.4) is 0 Å². The number of carbonyl (C=O) groups excluding carboxylic acids is 1. The van der Waals surface area contributed by atoms with E-state index in [-0.39, 0.29) is 5.97 Å². The largest absolute Gasteiger partial charge is 0.469 e. The zero-order chi connectivity index (χ0) is 12.0. The molecule has 0 fully saturated rings. The third-order valence-electron chi connectivity index (χ3n) is 1.31. The molecule has 0 aromatic carbocycles. The first kappa shape index (κ1) is 19.1. The first-order valence-corrected chi connectivity index (χ1v) is 5.29. The molecule has 0 N–H and O–H groups in total. The standard InChI is InChI=1S/C5H10O2.C4H11N.C2H6/c1-3-4-5(6)7-2;1-4-5(2)3;1-2/h3-4H2,1-2H3;4H2,1-3H3;1-2H3. The molecule has 0 unspecified atom stereocenters. The van der Waals surface area contributed by atoms with Crippen LogP contribution in [-0.2, 0) is 9.53 Å². The van der Waals surface area contributed by atoms with Crippen LogP contribution in [0.15, 0.2) is 0 Å². The van der Waals surface area contributed by atoms with Gasteiger partial charge in [-0.1, -0.05) is 27.7 Å². The summed E-state index contributed by atoms with van der Waals surface area (Å²) in [5.74, 6) is -0.123. The van der Waals surface area contributed by atoms with E-state index in [0.29, 0.717) is 6.42 Å². The van der Waals surface area contributed by atoms with Crippen molar-refractivity contribution in [2.45, 2.75) is 40.5 Å². The molecule has 0 spiro atoms. The van der Waals surface area contributed by atoms with Crippen LogP contribution in [0.1, 0.15) is 40.5 Å². The Morgan fingerprint density at radius 3 is 1.64 bits per heavy atom. The van der Waals surface area contributed by atoms with Crippen molar-refractivity contribution in [3.8, 4) is 0 Å². The quantitative estimate of drug-likeness (QED) is 0.663. The molecule has 0 aromatic rings. The zero-order valence-electron chi connectivity index (χ0n) is 10.9. The molecular formula is C11H27NO2. The van der Waals surface area contributed by atoms with Crippen molar-refractivity contribution in [2.75, 3.05) is 27.7 Å². The van der Waals surface area contributed by atoms with Crippen LogP contribution in [-0.4, -0.2) is 38.6 Å². The van der Waals surface area contributed by atoms with E-state index in [0.717, 1.165) is 13.0 Å². The maximum Gasteiger partial charge on any atom is 0.305 e. The molecule has 14 heavy (non-hydrogen) atoms. The highest BCUT2D eigenvalue weighted by molar-refractivity contribution is 5.68. The average molecular weight is 205 g/mol. The van der Waals surface area contributed by atoms with Gasteiger partial charge in [0.15, 0.2) is 0 Å². The number of hydrogen-bond donors (Lipinski definition) is 0. The number of esters is 1. The maximum atomic E-state index is 10.2. The summed E-state index contributed by atoms with van der Waals surface area (Å²) in [5.41, 5.74) is 0. The van der Waals surface area contributed by atoms with Crippen molar-refractivity contribution < 1.29 is 9.53 Å². The van der Waals surface area contributed by atoms with E-state index in [2.05, 4.69) is 30.7 Å². The topological polar surface area (TPSA) is 29.5 Å². The molecule has 0 aliphatic rings.